The Bertz CT molecular complexity index is 8630. The molecule has 0 aliphatic carbocycles. The Hall–Kier alpha value is -16.1. The summed E-state index contributed by atoms with van der Waals surface area (Å²) in [5.41, 5.74) is 21.4. The summed E-state index contributed by atoms with van der Waals surface area (Å²) >= 11 is 1.89. The van der Waals surface area contributed by atoms with Crippen molar-refractivity contribution in [2.24, 2.45) is 0 Å². The van der Waals surface area contributed by atoms with Gasteiger partial charge in [0, 0.05) is 91.8 Å². The monoisotopic (exact) mass is 1580 g/mol. The highest BCUT2D eigenvalue weighted by molar-refractivity contribution is 7.26. The standard InChI is InChI=1S/C44H28N2.C40H26N4.C32H20S/c1-2-15-31(16-3-1)45-41-23-10-8-21-36(41)39-28-44-40(27-43(39)45)37-22-9-11-24-42(37)46(44)32-17-12-14-29(25-32)38-26-30-13-4-5-18-33(30)34-19-6-7-20-35(34)38;1-3-12-28(13-4-1)39-41-42-40(29-14-5-2-6-15-29)44(39)31-22-20-30(21-23-31)43-37-18-10-9-17-34(37)36-26-25-33-32-16-8-7-11-27(32)19-24-35(33)38(36)43;1-2-12-24-23(9-1)20-30(27-14-4-3-13-26(24)27)22-11-7-10-21(19-22)25-16-8-17-29-28-15-5-6-18-31(28)33-32(25)29/h1-28H;1-26H;1-20H. The third kappa shape index (κ3) is 11.9. The lowest BCUT2D eigenvalue weighted by molar-refractivity contribution is 1.07. The summed E-state index contributed by atoms with van der Waals surface area (Å²) in [6.07, 6.45) is 0. The minimum Gasteiger partial charge on any atom is -0.309 e. The summed E-state index contributed by atoms with van der Waals surface area (Å²) in [6.45, 7) is 0. The zero-order chi connectivity index (χ0) is 81.0. The van der Waals surface area contributed by atoms with Crippen molar-refractivity contribution in [3.05, 3.63) is 449 Å². The van der Waals surface area contributed by atoms with Crippen molar-refractivity contribution in [1.29, 1.82) is 0 Å². The number of para-hydroxylation sites is 4. The maximum absolute atomic E-state index is 4.66. The average Bonchev–Trinajstić information content (AvgIpc) is 1.56. The predicted molar refractivity (Wildman–Crippen MR) is 522 cm³/mol. The van der Waals surface area contributed by atoms with Crippen LogP contribution in [0.2, 0.25) is 0 Å². The molecule has 0 N–H and O–H groups in total. The molecule has 21 aromatic carbocycles. The molecular formula is C116H74N6S. The van der Waals surface area contributed by atoms with E-state index >= 15 is 0 Å². The van der Waals surface area contributed by atoms with Crippen LogP contribution in [0.3, 0.4) is 0 Å². The summed E-state index contributed by atoms with van der Waals surface area (Å²) in [4.78, 5) is 0. The number of rotatable bonds is 9. The van der Waals surface area contributed by atoms with Crippen LogP contribution in [0, 0.1) is 0 Å². The highest BCUT2D eigenvalue weighted by Gasteiger charge is 2.24. The number of hydrogen-bond donors (Lipinski definition) is 0. The first-order valence-electron chi connectivity index (χ1n) is 42.0. The van der Waals surface area contributed by atoms with E-state index in [1.54, 1.807) is 0 Å². The molecule has 5 heterocycles. The summed E-state index contributed by atoms with van der Waals surface area (Å²) in [7, 11) is 0. The van der Waals surface area contributed by atoms with Crippen LogP contribution in [-0.2, 0) is 0 Å². The van der Waals surface area contributed by atoms with Gasteiger partial charge < -0.3 is 13.7 Å². The van der Waals surface area contributed by atoms with Crippen LogP contribution in [0.5, 0.6) is 0 Å². The Morgan fingerprint density at radius 3 is 1.11 bits per heavy atom. The van der Waals surface area contributed by atoms with E-state index in [1.165, 1.54) is 189 Å². The Morgan fingerprint density at radius 1 is 0.171 bits per heavy atom. The Morgan fingerprint density at radius 2 is 0.528 bits per heavy atom. The maximum Gasteiger partial charge on any atom is 0.168 e. The molecular weight excluding hydrogens is 1510 g/mol. The lowest BCUT2D eigenvalue weighted by Crippen LogP contribution is -2.01. The molecule has 0 fully saturated rings. The zero-order valence-corrected chi connectivity index (χ0v) is 67.6. The summed E-state index contributed by atoms with van der Waals surface area (Å²) in [5, 5.41) is 34.9. The summed E-state index contributed by atoms with van der Waals surface area (Å²) < 4.78 is 12.1. The molecule has 7 heteroatoms. The number of benzene rings is 21. The van der Waals surface area contributed by atoms with Crippen LogP contribution in [0.1, 0.15) is 0 Å². The first-order valence-corrected chi connectivity index (χ1v) is 42.8. The van der Waals surface area contributed by atoms with Gasteiger partial charge in [-0.2, -0.15) is 0 Å². The molecule has 0 bridgehead atoms. The fourth-order valence-corrected chi connectivity index (χ4v) is 20.7. The van der Waals surface area contributed by atoms with Crippen LogP contribution in [0.4, 0.5) is 0 Å². The molecule has 0 saturated carbocycles. The van der Waals surface area contributed by atoms with Crippen molar-refractivity contribution in [1.82, 2.24) is 28.5 Å². The molecule has 26 rings (SSSR count). The van der Waals surface area contributed by atoms with Gasteiger partial charge in [-0.15, -0.1) is 21.5 Å². The molecule has 123 heavy (non-hydrogen) atoms. The van der Waals surface area contributed by atoms with Crippen molar-refractivity contribution in [3.8, 4) is 78.9 Å². The van der Waals surface area contributed by atoms with Gasteiger partial charge in [0.1, 0.15) is 0 Å². The minimum atomic E-state index is 0.812. The van der Waals surface area contributed by atoms with E-state index < -0.39 is 0 Å². The number of thiophene rings is 1. The Balaban J connectivity index is 0.000000105. The maximum atomic E-state index is 4.66. The lowest BCUT2D eigenvalue weighted by atomic mass is 9.91. The van der Waals surface area contributed by atoms with Crippen LogP contribution in [-0.4, -0.2) is 28.5 Å². The highest BCUT2D eigenvalue weighted by atomic mass is 32.1. The molecule has 5 aromatic heterocycles. The first kappa shape index (κ1) is 71.1. The van der Waals surface area contributed by atoms with Gasteiger partial charge in [0.05, 0.1) is 33.1 Å². The second kappa shape index (κ2) is 29.5. The first-order chi connectivity index (χ1) is 61.0. The summed E-state index contributed by atoms with van der Waals surface area (Å²) in [5.74, 6) is 1.62. The van der Waals surface area contributed by atoms with E-state index in [1.807, 2.05) is 47.7 Å². The molecule has 0 atom stereocenters. The van der Waals surface area contributed by atoms with Gasteiger partial charge in [0.2, 0.25) is 0 Å². The van der Waals surface area contributed by atoms with E-state index in [0.717, 1.165) is 39.8 Å². The topological polar surface area (TPSA) is 45.5 Å². The largest absolute Gasteiger partial charge is 0.309 e. The zero-order valence-electron chi connectivity index (χ0n) is 66.8. The quantitative estimate of drug-likeness (QED) is 0.135. The molecule has 0 spiro atoms. The molecule has 0 saturated heterocycles. The molecule has 6 nitrogen and oxygen atoms in total. The second-order valence-corrected chi connectivity index (χ2v) is 32.9. The van der Waals surface area contributed by atoms with E-state index in [9.17, 15) is 0 Å². The molecule has 0 aliphatic rings. The van der Waals surface area contributed by atoms with Crippen molar-refractivity contribution in [3.63, 3.8) is 0 Å². The van der Waals surface area contributed by atoms with E-state index in [0.29, 0.717) is 0 Å². The molecule has 0 unspecified atom stereocenters. The molecule has 0 radical (unpaired) electrons. The number of nitrogens with zero attached hydrogens (tertiary/aromatic N) is 6. The fraction of sp³-hybridized carbons (Fsp3) is 0. The smallest absolute Gasteiger partial charge is 0.168 e. The van der Waals surface area contributed by atoms with Crippen LogP contribution in [0.25, 0.3) is 229 Å². The fourth-order valence-electron chi connectivity index (χ4n) is 19.4. The van der Waals surface area contributed by atoms with Crippen LogP contribution in [0.15, 0.2) is 449 Å². The number of fused-ring (bicyclic) bond motifs is 22. The van der Waals surface area contributed by atoms with Gasteiger partial charge in [0.25, 0.3) is 0 Å². The van der Waals surface area contributed by atoms with Gasteiger partial charge in [-0.25, -0.2) is 0 Å². The van der Waals surface area contributed by atoms with Crippen molar-refractivity contribution in [2.45, 2.75) is 0 Å². The molecule has 574 valence electrons. The van der Waals surface area contributed by atoms with Crippen molar-refractivity contribution < 1.29 is 0 Å². The lowest BCUT2D eigenvalue weighted by Gasteiger charge is -2.14. The number of hydrogen-bond acceptors (Lipinski definition) is 3. The highest BCUT2D eigenvalue weighted by Crippen LogP contribution is 2.47. The van der Waals surface area contributed by atoms with Gasteiger partial charge in [-0.3, -0.25) is 4.57 Å². The van der Waals surface area contributed by atoms with Crippen LogP contribution >= 0.6 is 11.3 Å². The van der Waals surface area contributed by atoms with Gasteiger partial charge in [-0.05, 0) is 196 Å². The summed E-state index contributed by atoms with van der Waals surface area (Å²) in [6, 6.07) is 162. The normalized spacial score (nSPS) is 11.7. The Labute approximate surface area is 712 Å². The number of aromatic nitrogens is 6. The van der Waals surface area contributed by atoms with Crippen molar-refractivity contribution >= 4 is 162 Å². The molecule has 0 amide bonds. The molecule has 0 aliphatic heterocycles. The van der Waals surface area contributed by atoms with Gasteiger partial charge >= 0.3 is 0 Å². The molecule has 26 aromatic rings. The average molecular weight is 1580 g/mol. The Kier molecular flexibility index (Phi) is 17.0. The van der Waals surface area contributed by atoms with Crippen LogP contribution < -0.4 is 0 Å². The van der Waals surface area contributed by atoms with Crippen molar-refractivity contribution in [2.75, 3.05) is 0 Å². The van der Waals surface area contributed by atoms with Gasteiger partial charge in [-0.1, -0.05) is 346 Å². The minimum absolute atomic E-state index is 0.812. The van der Waals surface area contributed by atoms with E-state index in [4.69, 9.17) is 0 Å². The third-order valence-corrected chi connectivity index (χ3v) is 26.2. The van der Waals surface area contributed by atoms with Gasteiger partial charge in [0.15, 0.2) is 11.6 Å². The van der Waals surface area contributed by atoms with E-state index in [-0.39, 0.29) is 0 Å². The third-order valence-electron chi connectivity index (χ3n) is 25.0. The second-order valence-electron chi connectivity index (χ2n) is 31.8. The van der Waals surface area contributed by atoms with E-state index in [2.05, 4.69) is 441 Å². The predicted octanol–water partition coefficient (Wildman–Crippen LogP) is 31.6. The SMILES string of the molecule is c1cc(-c2cc3ccccc3c3ccccc23)cc(-c2cccc3c2sc2ccccc23)c1.c1ccc(-c2nnc(-c3ccccc3)n2-c2ccc(-n3c4ccccc4c4ccc5c6ccccc6ccc5c43)cc2)cc1.c1ccc(-n2c3ccccc3c3cc4c(cc32)c2ccccc2n4-c2cccc(-c3cc4ccccc4c4ccccc34)c2)cc1.